The molecule has 2 N–H and O–H groups in total. The maximum absolute atomic E-state index is 13.1. The Bertz CT molecular complexity index is 1030. The van der Waals surface area contributed by atoms with E-state index in [2.05, 4.69) is 45.2 Å². The van der Waals surface area contributed by atoms with Gasteiger partial charge in [-0.25, -0.2) is 9.78 Å². The molecule has 33 heavy (non-hydrogen) atoms. The predicted molar refractivity (Wildman–Crippen MR) is 120 cm³/mol. The van der Waals surface area contributed by atoms with E-state index in [0.717, 1.165) is 18.4 Å². The van der Waals surface area contributed by atoms with Crippen molar-refractivity contribution in [2.75, 3.05) is 11.6 Å². The Hall–Kier alpha value is -3.13. The molecule has 1 saturated carbocycles. The van der Waals surface area contributed by atoms with Crippen LogP contribution in [-0.2, 0) is 15.0 Å². The number of carboxylic acids is 1. The van der Waals surface area contributed by atoms with E-state index in [4.69, 9.17) is 10.4 Å². The number of aromatic nitrogens is 2. The van der Waals surface area contributed by atoms with Crippen molar-refractivity contribution in [3.63, 3.8) is 0 Å². The van der Waals surface area contributed by atoms with Crippen LogP contribution in [-0.4, -0.2) is 39.4 Å². The standard InChI is InChI=1S/C19H20BrN5O.C3H4F2O2/c1-13(2)12-25(17-15(20)11-22-16(10-21)23-17)24-18(26)19(8-9-19)14-6-4-3-5-7-14;1-3(4,5)2(6)7/h3-7,11,13H,8-9,12H2,1-2H3,(H,24,26);1H3,(H,6,7). The molecule has 2 aromatic rings. The number of aliphatic carboxylic acids is 1. The molecular formula is C22H24BrF2N5O3. The van der Waals surface area contributed by atoms with Crippen LogP contribution in [0.1, 0.15) is 45.0 Å². The van der Waals surface area contributed by atoms with Crippen molar-refractivity contribution in [2.45, 2.75) is 45.0 Å². The lowest BCUT2D eigenvalue weighted by atomic mass is 9.95. The lowest BCUT2D eigenvalue weighted by Gasteiger charge is -2.29. The SMILES string of the molecule is CC(C)CN(NC(=O)C1(c2ccccc2)CC1)c1nc(C#N)ncc1Br.CC(F)(F)C(=O)O. The number of anilines is 1. The highest BCUT2D eigenvalue weighted by Gasteiger charge is 2.51. The molecule has 1 fully saturated rings. The maximum atomic E-state index is 13.1. The summed E-state index contributed by atoms with van der Waals surface area (Å²) in [7, 11) is 0. The first-order chi connectivity index (χ1) is 15.4. The number of alkyl halides is 2. The average molecular weight is 524 g/mol. The number of hydrazine groups is 1. The van der Waals surface area contributed by atoms with Crippen molar-refractivity contribution >= 4 is 33.6 Å². The molecule has 3 rings (SSSR count). The second-order valence-electron chi connectivity index (χ2n) is 8.06. The zero-order valence-electron chi connectivity index (χ0n) is 18.3. The van der Waals surface area contributed by atoms with E-state index >= 15 is 0 Å². The minimum Gasteiger partial charge on any atom is -0.477 e. The monoisotopic (exact) mass is 523 g/mol. The van der Waals surface area contributed by atoms with Gasteiger partial charge in [-0.1, -0.05) is 44.2 Å². The van der Waals surface area contributed by atoms with Crippen molar-refractivity contribution in [3.05, 3.63) is 52.4 Å². The van der Waals surface area contributed by atoms with Gasteiger partial charge < -0.3 is 5.11 Å². The molecule has 1 heterocycles. The highest BCUT2D eigenvalue weighted by atomic mass is 79.9. The summed E-state index contributed by atoms with van der Waals surface area (Å²) in [6.07, 6.45) is 3.18. The summed E-state index contributed by atoms with van der Waals surface area (Å²) in [4.78, 5) is 30.6. The number of nitrogens with one attached hydrogen (secondary N) is 1. The summed E-state index contributed by atoms with van der Waals surface area (Å²) in [5, 5.41) is 18.3. The quantitative estimate of drug-likeness (QED) is 0.525. The first kappa shape index (κ1) is 26.1. The highest BCUT2D eigenvalue weighted by Crippen LogP contribution is 2.48. The number of nitrogens with zero attached hydrogens (tertiary/aromatic N) is 4. The molecule has 1 aliphatic rings. The fraction of sp³-hybridized carbons (Fsp3) is 0.409. The molecule has 0 saturated heterocycles. The number of carbonyl (C=O) groups is 2. The van der Waals surface area contributed by atoms with E-state index in [1.54, 1.807) is 5.01 Å². The van der Waals surface area contributed by atoms with Gasteiger partial charge in [0.25, 0.3) is 0 Å². The van der Waals surface area contributed by atoms with Gasteiger partial charge in [0.05, 0.1) is 9.89 Å². The zero-order chi connectivity index (χ0) is 24.8. The number of carboxylic acid groups (broad SMARTS) is 1. The number of amides is 1. The van der Waals surface area contributed by atoms with Gasteiger partial charge in [-0.05, 0) is 40.3 Å². The summed E-state index contributed by atoms with van der Waals surface area (Å²) < 4.78 is 23.1. The van der Waals surface area contributed by atoms with Crippen LogP contribution in [0.4, 0.5) is 14.6 Å². The van der Waals surface area contributed by atoms with Gasteiger partial charge >= 0.3 is 11.9 Å². The first-order valence-electron chi connectivity index (χ1n) is 10.1. The van der Waals surface area contributed by atoms with Gasteiger partial charge in [0, 0.05) is 19.7 Å². The van der Waals surface area contributed by atoms with Gasteiger partial charge in [0.2, 0.25) is 11.7 Å². The van der Waals surface area contributed by atoms with Crippen LogP contribution < -0.4 is 10.4 Å². The molecule has 11 heteroatoms. The Morgan fingerprint density at radius 3 is 2.36 bits per heavy atom. The van der Waals surface area contributed by atoms with E-state index < -0.39 is 17.3 Å². The Kier molecular flexibility index (Phi) is 8.44. The number of rotatable bonds is 7. The molecule has 0 radical (unpaired) electrons. The summed E-state index contributed by atoms with van der Waals surface area (Å²) in [5.41, 5.74) is 3.57. The number of hydrogen-bond acceptors (Lipinski definition) is 6. The van der Waals surface area contributed by atoms with Crippen LogP contribution in [0.3, 0.4) is 0 Å². The van der Waals surface area contributed by atoms with Crippen LogP contribution in [0.25, 0.3) is 0 Å². The summed E-state index contributed by atoms with van der Waals surface area (Å²) in [6, 6.07) is 11.8. The topological polar surface area (TPSA) is 119 Å². The molecule has 1 aromatic heterocycles. The lowest BCUT2D eigenvalue weighted by Crippen LogP contribution is -2.49. The summed E-state index contributed by atoms with van der Waals surface area (Å²) in [6.45, 7) is 5.01. The molecule has 0 aliphatic heterocycles. The molecule has 176 valence electrons. The zero-order valence-corrected chi connectivity index (χ0v) is 19.9. The molecule has 1 aliphatic carbocycles. The molecule has 1 amide bonds. The van der Waals surface area contributed by atoms with Crippen LogP contribution in [0.2, 0.25) is 0 Å². The fourth-order valence-electron chi connectivity index (χ4n) is 2.91. The third-order valence-electron chi connectivity index (χ3n) is 4.75. The largest absolute Gasteiger partial charge is 0.477 e. The number of halogens is 3. The highest BCUT2D eigenvalue weighted by molar-refractivity contribution is 9.10. The molecule has 1 aromatic carbocycles. The van der Waals surface area contributed by atoms with Crippen LogP contribution in [0, 0.1) is 17.2 Å². The van der Waals surface area contributed by atoms with Gasteiger partial charge in [-0.15, -0.1) is 0 Å². The molecule has 0 spiro atoms. The summed E-state index contributed by atoms with van der Waals surface area (Å²) >= 11 is 3.42. The average Bonchev–Trinajstić information content (AvgIpc) is 3.56. The van der Waals surface area contributed by atoms with Crippen LogP contribution in [0.5, 0.6) is 0 Å². The Labute approximate surface area is 198 Å². The fourth-order valence-corrected chi connectivity index (χ4v) is 3.32. The molecule has 0 unspecified atom stereocenters. The number of carbonyl (C=O) groups excluding carboxylic acids is 1. The smallest absolute Gasteiger partial charge is 0.374 e. The first-order valence-corrected chi connectivity index (χ1v) is 10.9. The van der Waals surface area contributed by atoms with Crippen molar-refractivity contribution < 1.29 is 23.5 Å². The van der Waals surface area contributed by atoms with E-state index in [-0.39, 0.29) is 17.6 Å². The minimum atomic E-state index is -3.58. The van der Waals surface area contributed by atoms with E-state index in [1.807, 2.05) is 36.4 Å². The Balaban J connectivity index is 0.000000479. The number of benzene rings is 1. The second-order valence-corrected chi connectivity index (χ2v) is 8.92. The van der Waals surface area contributed by atoms with Gasteiger partial charge in [0.15, 0.2) is 5.82 Å². The molecule has 0 atom stereocenters. The lowest BCUT2D eigenvalue weighted by molar-refractivity contribution is -0.161. The van der Waals surface area contributed by atoms with Gasteiger partial charge in [-0.3, -0.25) is 15.2 Å². The second kappa shape index (κ2) is 10.7. The number of hydrogen-bond donors (Lipinski definition) is 2. The van der Waals surface area contributed by atoms with Crippen molar-refractivity contribution in [3.8, 4) is 6.07 Å². The van der Waals surface area contributed by atoms with E-state index in [0.29, 0.717) is 23.8 Å². The minimum absolute atomic E-state index is 0.0478. The maximum Gasteiger partial charge on any atom is 0.374 e. The Morgan fingerprint density at radius 2 is 1.91 bits per heavy atom. The van der Waals surface area contributed by atoms with Gasteiger partial charge in [0.1, 0.15) is 6.07 Å². The van der Waals surface area contributed by atoms with E-state index in [9.17, 15) is 18.4 Å². The predicted octanol–water partition coefficient (Wildman–Crippen LogP) is 4.06. The summed E-state index contributed by atoms with van der Waals surface area (Å²) in [5.74, 6) is -4.88. The third kappa shape index (κ3) is 6.92. The third-order valence-corrected chi connectivity index (χ3v) is 5.31. The molecule has 0 bridgehead atoms. The van der Waals surface area contributed by atoms with E-state index in [1.165, 1.54) is 6.20 Å². The molecular weight excluding hydrogens is 500 g/mol. The van der Waals surface area contributed by atoms with Gasteiger partial charge in [-0.2, -0.15) is 19.0 Å². The van der Waals surface area contributed by atoms with Crippen molar-refractivity contribution in [1.29, 1.82) is 5.26 Å². The van der Waals surface area contributed by atoms with Crippen molar-refractivity contribution in [2.24, 2.45) is 5.92 Å². The van der Waals surface area contributed by atoms with Crippen LogP contribution in [0.15, 0.2) is 41.0 Å². The van der Waals surface area contributed by atoms with Crippen molar-refractivity contribution in [1.82, 2.24) is 15.4 Å². The Morgan fingerprint density at radius 1 is 1.33 bits per heavy atom. The molecule has 8 nitrogen and oxygen atoms in total. The van der Waals surface area contributed by atoms with Crippen LogP contribution >= 0.6 is 15.9 Å². The normalized spacial score (nSPS) is 13.9. The number of nitriles is 1.